The molecule has 228 valence electrons. The van der Waals surface area contributed by atoms with Crippen LogP contribution in [0.4, 0.5) is 27.7 Å². The van der Waals surface area contributed by atoms with Crippen molar-refractivity contribution in [1.82, 2.24) is 15.2 Å². The van der Waals surface area contributed by atoms with Crippen LogP contribution in [0.25, 0.3) is 0 Å². The van der Waals surface area contributed by atoms with Crippen molar-refractivity contribution in [3.63, 3.8) is 0 Å². The van der Waals surface area contributed by atoms with E-state index in [2.05, 4.69) is 38.2 Å². The Morgan fingerprint density at radius 1 is 0.930 bits per heavy atom. The number of nitrogens with zero attached hydrogens (tertiary/aromatic N) is 5. The van der Waals surface area contributed by atoms with Crippen molar-refractivity contribution < 1.29 is 14.4 Å². The standard InChI is InChI=1S/C33H43N7O3/c34-31(41)33-17-23-15-24(18-33)30(25(16-23)19-33)36-32(42)43-40-14-13-39(27-3-1-2-4-28(27)40)29-8-7-26(20-35-29)38-11-9-37(10-12-38)21-22-5-6-22/h1-4,7-8,20,22-25,30H,5-6,9-19,21H2,(H2,34,41)(H,36,42)/t23?,24-,25+,30?,33?. The van der Waals surface area contributed by atoms with Crippen LogP contribution in [0, 0.1) is 29.1 Å². The number of carbonyl (C=O) groups is 2. The Bertz CT molecular complexity index is 1360. The highest BCUT2D eigenvalue weighted by atomic mass is 16.7. The lowest BCUT2D eigenvalue weighted by Crippen LogP contribution is -2.62. The fourth-order valence-corrected chi connectivity index (χ4v) is 9.07. The summed E-state index contributed by atoms with van der Waals surface area (Å²) in [6.07, 6.45) is 8.98. The third-order valence-electron chi connectivity index (χ3n) is 11.2. The number of rotatable bonds is 7. The quantitative estimate of drug-likeness (QED) is 0.504. The van der Waals surface area contributed by atoms with E-state index in [1.54, 1.807) is 5.06 Å². The molecule has 1 aromatic heterocycles. The number of para-hydroxylation sites is 2. The number of aromatic nitrogens is 1. The lowest BCUT2D eigenvalue weighted by Gasteiger charge is -2.58. The number of amides is 2. The van der Waals surface area contributed by atoms with Crippen LogP contribution in [0.2, 0.25) is 0 Å². The number of hydrogen-bond donors (Lipinski definition) is 2. The first-order chi connectivity index (χ1) is 20.9. The largest absolute Gasteiger partial charge is 0.431 e. The number of hydroxylamine groups is 1. The Hall–Kier alpha value is -3.53. The summed E-state index contributed by atoms with van der Waals surface area (Å²) >= 11 is 0. The Labute approximate surface area is 253 Å². The van der Waals surface area contributed by atoms with Crippen LogP contribution in [0.15, 0.2) is 42.6 Å². The average molecular weight is 586 g/mol. The summed E-state index contributed by atoms with van der Waals surface area (Å²) in [7, 11) is 0. The van der Waals surface area contributed by atoms with Gasteiger partial charge in [0.25, 0.3) is 0 Å². The van der Waals surface area contributed by atoms with Crippen LogP contribution in [0.5, 0.6) is 0 Å². The van der Waals surface area contributed by atoms with E-state index >= 15 is 0 Å². The minimum atomic E-state index is -0.423. The summed E-state index contributed by atoms with van der Waals surface area (Å²) in [5.41, 5.74) is 8.47. The molecule has 9 rings (SSSR count). The van der Waals surface area contributed by atoms with Gasteiger partial charge in [0.2, 0.25) is 5.91 Å². The predicted octanol–water partition coefficient (Wildman–Crippen LogP) is 3.89. The second-order valence-corrected chi connectivity index (χ2v) is 14.0. The fourth-order valence-electron chi connectivity index (χ4n) is 9.07. The molecule has 0 radical (unpaired) electrons. The number of hydrogen-bond acceptors (Lipinski definition) is 8. The molecule has 6 fully saturated rings. The molecule has 5 atom stereocenters. The van der Waals surface area contributed by atoms with Crippen molar-refractivity contribution in [1.29, 1.82) is 0 Å². The molecule has 2 aromatic rings. The number of carbonyl (C=O) groups excluding carboxylic acids is 2. The van der Waals surface area contributed by atoms with Gasteiger partial charge in [0.15, 0.2) is 0 Å². The van der Waals surface area contributed by atoms with Crippen molar-refractivity contribution >= 4 is 34.9 Å². The maximum atomic E-state index is 13.2. The number of pyridine rings is 1. The molecular weight excluding hydrogens is 542 g/mol. The summed E-state index contributed by atoms with van der Waals surface area (Å²) < 4.78 is 0. The third-order valence-corrected chi connectivity index (χ3v) is 11.2. The summed E-state index contributed by atoms with van der Waals surface area (Å²) in [6, 6.07) is 12.4. The van der Waals surface area contributed by atoms with E-state index in [0.29, 0.717) is 19.0 Å². The van der Waals surface area contributed by atoms with Gasteiger partial charge in [0, 0.05) is 50.7 Å². The Balaban J connectivity index is 0.911. The fraction of sp³-hybridized carbons (Fsp3) is 0.606. The van der Waals surface area contributed by atoms with Gasteiger partial charge in [-0.1, -0.05) is 12.1 Å². The predicted molar refractivity (Wildman–Crippen MR) is 165 cm³/mol. The third kappa shape index (κ3) is 5.07. The average Bonchev–Trinajstić information content (AvgIpc) is 3.83. The highest BCUT2D eigenvalue weighted by Crippen LogP contribution is 2.60. The maximum absolute atomic E-state index is 13.2. The van der Waals surface area contributed by atoms with E-state index in [4.69, 9.17) is 15.6 Å². The van der Waals surface area contributed by atoms with Crippen molar-refractivity contribution in [2.75, 3.05) is 60.7 Å². The van der Waals surface area contributed by atoms with Gasteiger partial charge in [0.1, 0.15) is 5.82 Å². The van der Waals surface area contributed by atoms with Gasteiger partial charge in [-0.05, 0) is 92.9 Å². The number of anilines is 4. The summed E-state index contributed by atoms with van der Waals surface area (Å²) in [6.45, 7) is 6.78. The first kappa shape index (κ1) is 27.0. The van der Waals surface area contributed by atoms with Gasteiger partial charge in [0.05, 0.1) is 29.8 Å². The Kier molecular flexibility index (Phi) is 6.65. The van der Waals surface area contributed by atoms with Crippen LogP contribution in [-0.2, 0) is 9.63 Å². The number of primary amides is 1. The van der Waals surface area contributed by atoms with Gasteiger partial charge in [-0.25, -0.2) is 14.8 Å². The molecule has 2 amide bonds. The van der Waals surface area contributed by atoms with Crippen LogP contribution in [-0.4, -0.2) is 73.7 Å². The van der Waals surface area contributed by atoms with Gasteiger partial charge in [-0.2, -0.15) is 0 Å². The molecule has 1 aromatic carbocycles. The SMILES string of the molecule is NC(=O)C12CC3C[C@H](C1)C(NC(=O)ON1CCN(c4ccc(N5CCN(CC6CC6)CC5)cn4)c4ccccc41)[C@@H](C3)C2. The van der Waals surface area contributed by atoms with Crippen molar-refractivity contribution in [2.24, 2.45) is 34.8 Å². The number of nitrogens with two attached hydrogens (primary N) is 1. The summed E-state index contributed by atoms with van der Waals surface area (Å²) in [5, 5.41) is 4.91. The number of benzene rings is 1. The van der Waals surface area contributed by atoms with E-state index in [1.165, 1.54) is 25.1 Å². The lowest BCUT2D eigenvalue weighted by molar-refractivity contribution is -0.145. The lowest BCUT2D eigenvalue weighted by atomic mass is 9.47. The summed E-state index contributed by atoms with van der Waals surface area (Å²) in [4.78, 5) is 43.6. The number of fused-ring (bicyclic) bond motifs is 1. The minimum Gasteiger partial charge on any atom is -0.369 e. The maximum Gasteiger partial charge on any atom is 0.431 e. The number of nitrogens with one attached hydrogen (secondary N) is 1. The molecule has 7 aliphatic rings. The van der Waals surface area contributed by atoms with Gasteiger partial charge in [-0.15, -0.1) is 0 Å². The van der Waals surface area contributed by atoms with E-state index in [0.717, 1.165) is 81.4 Å². The molecule has 43 heavy (non-hydrogen) atoms. The van der Waals surface area contributed by atoms with Gasteiger partial charge in [-0.3, -0.25) is 9.69 Å². The molecule has 3 N–H and O–H groups in total. The first-order valence-electron chi connectivity index (χ1n) is 16.3. The first-order valence-corrected chi connectivity index (χ1v) is 16.3. The van der Waals surface area contributed by atoms with E-state index < -0.39 is 6.09 Å². The molecule has 3 unspecified atom stereocenters. The molecule has 3 heterocycles. The zero-order chi connectivity index (χ0) is 29.1. The van der Waals surface area contributed by atoms with Gasteiger partial charge < -0.3 is 25.7 Å². The normalized spacial score (nSPS) is 31.6. The second-order valence-electron chi connectivity index (χ2n) is 14.0. The monoisotopic (exact) mass is 585 g/mol. The highest BCUT2D eigenvalue weighted by Gasteiger charge is 2.58. The minimum absolute atomic E-state index is 0.0388. The second kappa shape index (κ2) is 10.6. The van der Waals surface area contributed by atoms with Gasteiger partial charge >= 0.3 is 6.09 Å². The zero-order valence-corrected chi connectivity index (χ0v) is 24.9. The molecular formula is C33H43N7O3. The molecule has 5 saturated carbocycles. The van der Waals surface area contributed by atoms with Crippen molar-refractivity contribution in [3.8, 4) is 0 Å². The molecule has 5 aliphatic carbocycles. The Morgan fingerprint density at radius 2 is 1.67 bits per heavy atom. The molecule has 4 bridgehead atoms. The van der Waals surface area contributed by atoms with Crippen molar-refractivity contribution in [2.45, 2.75) is 51.0 Å². The molecule has 2 aliphatic heterocycles. The Morgan fingerprint density at radius 3 is 2.35 bits per heavy atom. The summed E-state index contributed by atoms with van der Waals surface area (Å²) in [5.74, 6) is 2.80. The zero-order valence-electron chi connectivity index (χ0n) is 24.9. The van der Waals surface area contributed by atoms with Crippen LogP contribution in [0.1, 0.15) is 44.9 Å². The smallest absolute Gasteiger partial charge is 0.369 e. The number of piperazine rings is 1. The molecule has 0 spiro atoms. The van der Waals surface area contributed by atoms with E-state index in [9.17, 15) is 9.59 Å². The van der Waals surface area contributed by atoms with Crippen LogP contribution in [0.3, 0.4) is 0 Å². The molecule has 10 nitrogen and oxygen atoms in total. The molecule has 10 heteroatoms. The van der Waals surface area contributed by atoms with E-state index in [1.807, 2.05) is 24.4 Å². The highest BCUT2D eigenvalue weighted by molar-refractivity contribution is 5.82. The van der Waals surface area contributed by atoms with Crippen molar-refractivity contribution in [3.05, 3.63) is 42.6 Å². The van der Waals surface area contributed by atoms with Crippen LogP contribution >= 0.6 is 0 Å². The molecule has 1 saturated heterocycles. The topological polar surface area (TPSA) is 107 Å². The van der Waals surface area contributed by atoms with Crippen LogP contribution < -0.4 is 25.9 Å². The van der Waals surface area contributed by atoms with E-state index in [-0.39, 0.29) is 29.2 Å².